The first-order chi connectivity index (χ1) is 14.2. The summed E-state index contributed by atoms with van der Waals surface area (Å²) in [6.07, 6.45) is 1.87. The summed E-state index contributed by atoms with van der Waals surface area (Å²) < 4.78 is 5.77. The number of rotatable bonds is 3. The molecular weight excluding hydrogens is 354 g/mol. The highest BCUT2D eigenvalue weighted by Crippen LogP contribution is 2.37. The van der Waals surface area contributed by atoms with Gasteiger partial charge < -0.3 is 4.42 Å². The molecule has 2 heteroatoms. The van der Waals surface area contributed by atoms with Crippen molar-refractivity contribution in [3.8, 4) is 33.5 Å². The average Bonchev–Trinajstić information content (AvgIpc) is 3.13. The van der Waals surface area contributed by atoms with Crippen LogP contribution in [0.25, 0.3) is 44.5 Å². The molecule has 2 nitrogen and oxygen atoms in total. The number of hydrogen-bond donors (Lipinski definition) is 0. The Kier molecular flexibility index (Phi) is 4.25. The zero-order chi connectivity index (χ0) is 19.8. The van der Waals surface area contributed by atoms with Gasteiger partial charge in [-0.2, -0.15) is 0 Å². The lowest BCUT2D eigenvalue weighted by Crippen LogP contribution is -1.89. The van der Waals surface area contributed by atoms with Crippen LogP contribution < -0.4 is 0 Å². The maximum Gasteiger partial charge on any atom is 0.134 e. The Morgan fingerprint density at radius 1 is 0.655 bits per heavy atom. The summed E-state index contributed by atoms with van der Waals surface area (Å²) in [6, 6.07) is 29.8. The number of nitrogens with zero attached hydrogens (tertiary/aromatic N) is 1. The Morgan fingerprint density at radius 2 is 1.48 bits per heavy atom. The van der Waals surface area contributed by atoms with Crippen molar-refractivity contribution in [2.45, 2.75) is 13.8 Å². The van der Waals surface area contributed by atoms with E-state index >= 15 is 0 Å². The lowest BCUT2D eigenvalue weighted by molar-refractivity contribution is 0.578. The number of hydrogen-bond acceptors (Lipinski definition) is 2. The maximum absolute atomic E-state index is 5.77. The maximum atomic E-state index is 5.77. The van der Waals surface area contributed by atoms with E-state index in [0.717, 1.165) is 28.0 Å². The normalized spacial score (nSPS) is 11.1. The molecule has 0 saturated heterocycles. The molecule has 0 atom stereocenters. The van der Waals surface area contributed by atoms with Gasteiger partial charge in [0, 0.05) is 17.1 Å². The second kappa shape index (κ2) is 7.06. The summed E-state index contributed by atoms with van der Waals surface area (Å²) in [5.41, 5.74) is 9.02. The molecule has 29 heavy (non-hydrogen) atoms. The molecule has 0 aliphatic rings. The van der Waals surface area contributed by atoms with Gasteiger partial charge in [-0.05, 0) is 78.1 Å². The predicted molar refractivity (Wildman–Crippen MR) is 120 cm³/mol. The van der Waals surface area contributed by atoms with E-state index in [0.29, 0.717) is 0 Å². The topological polar surface area (TPSA) is 26.0 Å². The van der Waals surface area contributed by atoms with Crippen LogP contribution in [-0.2, 0) is 0 Å². The minimum Gasteiger partial charge on any atom is -0.461 e. The van der Waals surface area contributed by atoms with Crippen molar-refractivity contribution in [2.75, 3.05) is 0 Å². The van der Waals surface area contributed by atoms with Gasteiger partial charge in [0.05, 0.1) is 5.69 Å². The summed E-state index contributed by atoms with van der Waals surface area (Å²) in [5.74, 6) is 0.929. The SMILES string of the molecule is Cc1ccnc(-c2ccc(-c3ccccc3)c(-c3ccc4oc(C)cc4c3)c2)c1. The molecule has 0 radical (unpaired) electrons. The van der Waals surface area contributed by atoms with E-state index < -0.39 is 0 Å². The fourth-order valence-electron chi connectivity index (χ4n) is 3.85. The van der Waals surface area contributed by atoms with Crippen molar-refractivity contribution in [3.05, 3.63) is 102 Å². The zero-order valence-corrected chi connectivity index (χ0v) is 16.5. The van der Waals surface area contributed by atoms with Crippen LogP contribution in [0.4, 0.5) is 0 Å². The number of furan rings is 1. The first-order valence-electron chi connectivity index (χ1n) is 9.80. The Bertz CT molecular complexity index is 1320. The van der Waals surface area contributed by atoms with Crippen LogP contribution >= 0.6 is 0 Å². The summed E-state index contributed by atoms with van der Waals surface area (Å²) in [5, 5.41) is 1.12. The minimum absolute atomic E-state index is 0.920. The quantitative estimate of drug-likeness (QED) is 0.327. The van der Waals surface area contributed by atoms with E-state index in [2.05, 4.69) is 90.8 Å². The predicted octanol–water partition coefficient (Wildman–Crippen LogP) is 7.45. The molecule has 0 spiro atoms. The fourth-order valence-corrected chi connectivity index (χ4v) is 3.85. The van der Waals surface area contributed by atoms with Gasteiger partial charge in [-0.1, -0.05) is 48.5 Å². The van der Waals surface area contributed by atoms with Crippen molar-refractivity contribution in [1.82, 2.24) is 4.98 Å². The van der Waals surface area contributed by atoms with E-state index in [9.17, 15) is 0 Å². The number of aryl methyl sites for hydroxylation is 2. The van der Waals surface area contributed by atoms with Crippen molar-refractivity contribution in [1.29, 1.82) is 0 Å². The summed E-state index contributed by atoms with van der Waals surface area (Å²) in [7, 11) is 0. The lowest BCUT2D eigenvalue weighted by atomic mass is 9.91. The van der Waals surface area contributed by atoms with Gasteiger partial charge >= 0.3 is 0 Å². The highest BCUT2D eigenvalue weighted by atomic mass is 16.3. The van der Waals surface area contributed by atoms with Gasteiger partial charge in [-0.25, -0.2) is 0 Å². The van der Waals surface area contributed by atoms with Crippen LogP contribution in [0.5, 0.6) is 0 Å². The van der Waals surface area contributed by atoms with Crippen LogP contribution in [0.2, 0.25) is 0 Å². The molecule has 2 heterocycles. The Labute approximate surface area is 170 Å². The van der Waals surface area contributed by atoms with E-state index in [1.807, 2.05) is 19.2 Å². The van der Waals surface area contributed by atoms with Crippen LogP contribution in [0.3, 0.4) is 0 Å². The van der Waals surface area contributed by atoms with Gasteiger partial charge in [0.25, 0.3) is 0 Å². The molecule has 0 amide bonds. The van der Waals surface area contributed by atoms with E-state index in [4.69, 9.17) is 4.42 Å². The third-order valence-corrected chi connectivity index (χ3v) is 5.27. The Morgan fingerprint density at radius 3 is 2.31 bits per heavy atom. The molecule has 0 saturated carbocycles. The summed E-state index contributed by atoms with van der Waals surface area (Å²) in [6.45, 7) is 4.08. The van der Waals surface area contributed by atoms with Gasteiger partial charge in [0.15, 0.2) is 0 Å². The molecule has 0 unspecified atom stereocenters. The third-order valence-electron chi connectivity index (χ3n) is 5.27. The van der Waals surface area contributed by atoms with Gasteiger partial charge in [0.2, 0.25) is 0 Å². The van der Waals surface area contributed by atoms with Crippen LogP contribution in [0.15, 0.2) is 95.5 Å². The van der Waals surface area contributed by atoms with Crippen molar-refractivity contribution < 1.29 is 4.42 Å². The number of fused-ring (bicyclic) bond motifs is 1. The molecule has 0 aliphatic carbocycles. The molecule has 5 aromatic rings. The molecule has 5 rings (SSSR count). The van der Waals surface area contributed by atoms with E-state index in [-0.39, 0.29) is 0 Å². The lowest BCUT2D eigenvalue weighted by Gasteiger charge is -2.13. The molecule has 140 valence electrons. The minimum atomic E-state index is 0.920. The monoisotopic (exact) mass is 375 g/mol. The number of benzene rings is 3. The molecule has 0 N–H and O–H groups in total. The highest BCUT2D eigenvalue weighted by Gasteiger charge is 2.12. The van der Waals surface area contributed by atoms with Gasteiger partial charge in [-0.3, -0.25) is 4.98 Å². The second-order valence-corrected chi connectivity index (χ2v) is 7.45. The standard InChI is InChI=1S/C27H21NO/c1-18-12-13-28-26(14-18)22-8-10-24(20-6-4-3-5-7-20)25(17-22)21-9-11-27-23(16-21)15-19(2)29-27/h3-17H,1-2H3. The Balaban J connectivity index is 1.73. The van der Waals surface area contributed by atoms with Crippen molar-refractivity contribution in [3.63, 3.8) is 0 Å². The van der Waals surface area contributed by atoms with Crippen LogP contribution in [0, 0.1) is 13.8 Å². The highest BCUT2D eigenvalue weighted by molar-refractivity contribution is 5.91. The van der Waals surface area contributed by atoms with Gasteiger partial charge in [0.1, 0.15) is 11.3 Å². The third kappa shape index (κ3) is 3.34. The molecular formula is C27H21NO. The van der Waals surface area contributed by atoms with E-state index in [1.54, 1.807) is 0 Å². The summed E-state index contributed by atoms with van der Waals surface area (Å²) >= 11 is 0. The molecule has 0 aliphatic heterocycles. The molecule has 2 aromatic heterocycles. The smallest absolute Gasteiger partial charge is 0.134 e. The van der Waals surface area contributed by atoms with Crippen LogP contribution in [0.1, 0.15) is 11.3 Å². The first kappa shape index (κ1) is 17.4. The number of aromatic nitrogens is 1. The average molecular weight is 375 g/mol. The Hall–Kier alpha value is -3.65. The van der Waals surface area contributed by atoms with Crippen molar-refractivity contribution in [2.24, 2.45) is 0 Å². The molecule has 3 aromatic carbocycles. The zero-order valence-electron chi connectivity index (χ0n) is 16.5. The van der Waals surface area contributed by atoms with E-state index in [1.165, 1.54) is 27.8 Å². The second-order valence-electron chi connectivity index (χ2n) is 7.45. The summed E-state index contributed by atoms with van der Waals surface area (Å²) in [4.78, 5) is 4.59. The van der Waals surface area contributed by atoms with Crippen LogP contribution in [-0.4, -0.2) is 4.98 Å². The van der Waals surface area contributed by atoms with Gasteiger partial charge in [-0.15, -0.1) is 0 Å². The van der Waals surface area contributed by atoms with Crippen molar-refractivity contribution >= 4 is 11.0 Å². The first-order valence-corrected chi connectivity index (χ1v) is 9.80. The molecule has 0 bridgehead atoms. The molecule has 0 fully saturated rings. The fraction of sp³-hybridized carbons (Fsp3) is 0.0741. The number of pyridine rings is 1. The largest absolute Gasteiger partial charge is 0.461 e.